The Morgan fingerprint density at radius 2 is 2.06 bits per heavy atom. The van der Waals surface area contributed by atoms with Crippen LogP contribution in [0.1, 0.15) is 40.5 Å². The van der Waals surface area contributed by atoms with Crippen LogP contribution in [0.5, 0.6) is 0 Å². The van der Waals surface area contributed by atoms with E-state index in [9.17, 15) is 9.59 Å². The molecule has 2 unspecified atom stereocenters. The van der Waals surface area contributed by atoms with Crippen LogP contribution in [-0.4, -0.2) is 40.3 Å². The lowest BCUT2D eigenvalue weighted by Crippen LogP contribution is -2.55. The van der Waals surface area contributed by atoms with Crippen molar-refractivity contribution in [1.82, 2.24) is 4.90 Å². The number of aliphatic carboxylic acids is 1. The van der Waals surface area contributed by atoms with Crippen LogP contribution in [0.4, 0.5) is 4.79 Å². The van der Waals surface area contributed by atoms with E-state index in [1.165, 1.54) is 0 Å². The Morgan fingerprint density at radius 3 is 2.41 bits per heavy atom. The van der Waals surface area contributed by atoms with Gasteiger partial charge in [0, 0.05) is 19.0 Å². The average Bonchev–Trinajstić information content (AvgIpc) is 1.94. The summed E-state index contributed by atoms with van der Waals surface area (Å²) in [6.45, 7) is 7.97. The fourth-order valence-corrected chi connectivity index (χ4v) is 1.96. The third-order valence-corrected chi connectivity index (χ3v) is 2.85. The van der Waals surface area contributed by atoms with Gasteiger partial charge in [0.2, 0.25) is 0 Å². The van der Waals surface area contributed by atoms with Crippen LogP contribution < -0.4 is 0 Å². The van der Waals surface area contributed by atoms with E-state index in [1.54, 1.807) is 4.90 Å². The molecule has 2 atom stereocenters. The quantitative estimate of drug-likeness (QED) is 0.824. The highest BCUT2D eigenvalue weighted by molar-refractivity contribution is 5.70. The molecule has 0 spiro atoms. The van der Waals surface area contributed by atoms with Gasteiger partial charge >= 0.3 is 12.1 Å². The van der Waals surface area contributed by atoms with Crippen molar-refractivity contribution in [2.75, 3.05) is 6.54 Å². The van der Waals surface area contributed by atoms with Crippen molar-refractivity contribution < 1.29 is 19.4 Å². The number of hydrogen-bond acceptors (Lipinski definition) is 3. The van der Waals surface area contributed by atoms with E-state index in [2.05, 4.69) is 0 Å². The number of amides is 1. The smallest absolute Gasteiger partial charge is 0.410 e. The molecular weight excluding hydrogens is 222 g/mol. The van der Waals surface area contributed by atoms with Crippen LogP contribution in [0.25, 0.3) is 0 Å². The molecule has 17 heavy (non-hydrogen) atoms. The van der Waals surface area contributed by atoms with E-state index in [-0.39, 0.29) is 24.5 Å². The number of carboxylic acids is 1. The number of carboxylic acid groups (broad SMARTS) is 1. The van der Waals surface area contributed by atoms with Gasteiger partial charge in [-0.05, 0) is 33.1 Å². The molecule has 0 saturated carbocycles. The van der Waals surface area contributed by atoms with Crippen LogP contribution in [0.2, 0.25) is 0 Å². The Hall–Kier alpha value is -1.26. The number of hydrogen-bond donors (Lipinski definition) is 1. The zero-order valence-corrected chi connectivity index (χ0v) is 10.9. The molecule has 1 N–H and O–H groups in total. The minimum atomic E-state index is -0.825. The highest BCUT2D eigenvalue weighted by Crippen LogP contribution is 2.28. The van der Waals surface area contributed by atoms with Crippen LogP contribution in [0, 0.1) is 5.92 Å². The second-order valence-corrected chi connectivity index (χ2v) is 5.60. The molecule has 1 aliphatic heterocycles. The molecule has 0 aromatic carbocycles. The van der Waals surface area contributed by atoms with Crippen molar-refractivity contribution in [1.29, 1.82) is 0 Å². The van der Waals surface area contributed by atoms with Gasteiger partial charge in [-0.15, -0.1) is 0 Å². The van der Waals surface area contributed by atoms with E-state index >= 15 is 0 Å². The molecule has 0 aromatic heterocycles. The number of carbonyl (C=O) groups is 2. The van der Waals surface area contributed by atoms with Crippen LogP contribution in [0.3, 0.4) is 0 Å². The van der Waals surface area contributed by atoms with E-state index in [1.807, 2.05) is 27.7 Å². The standard InChI is InChI=1S/C12H21NO4/c1-8(7-10(14)15)9-5-6-13(9)11(16)17-12(2,3)4/h8-9H,5-7H2,1-4H3,(H,14,15). The molecule has 1 rings (SSSR count). The lowest BCUT2D eigenvalue weighted by Gasteiger charge is -2.44. The topological polar surface area (TPSA) is 66.8 Å². The van der Waals surface area contributed by atoms with Gasteiger partial charge in [-0.1, -0.05) is 6.92 Å². The first-order chi connectivity index (χ1) is 7.70. The SMILES string of the molecule is CC(CC(=O)O)C1CCN1C(=O)OC(C)(C)C. The molecule has 1 fully saturated rings. The lowest BCUT2D eigenvalue weighted by atomic mass is 9.88. The first-order valence-corrected chi connectivity index (χ1v) is 5.92. The second-order valence-electron chi connectivity index (χ2n) is 5.60. The number of rotatable bonds is 3. The third-order valence-electron chi connectivity index (χ3n) is 2.85. The van der Waals surface area contributed by atoms with Gasteiger partial charge in [-0.3, -0.25) is 4.79 Å². The summed E-state index contributed by atoms with van der Waals surface area (Å²) in [4.78, 5) is 24.0. The van der Waals surface area contributed by atoms with Crippen LogP contribution >= 0.6 is 0 Å². The maximum absolute atomic E-state index is 11.8. The Morgan fingerprint density at radius 1 is 1.47 bits per heavy atom. The average molecular weight is 243 g/mol. The van der Waals surface area contributed by atoms with Gasteiger partial charge in [0.1, 0.15) is 5.60 Å². The molecule has 0 aromatic rings. The van der Waals surface area contributed by atoms with Crippen molar-refractivity contribution in [3.8, 4) is 0 Å². The van der Waals surface area contributed by atoms with Gasteiger partial charge in [0.05, 0.1) is 0 Å². The normalized spacial score (nSPS) is 21.6. The minimum Gasteiger partial charge on any atom is -0.481 e. The van der Waals surface area contributed by atoms with Gasteiger partial charge in [-0.25, -0.2) is 4.79 Å². The molecule has 0 bridgehead atoms. The first-order valence-electron chi connectivity index (χ1n) is 5.92. The van der Waals surface area contributed by atoms with E-state index < -0.39 is 11.6 Å². The molecule has 5 nitrogen and oxygen atoms in total. The second kappa shape index (κ2) is 4.94. The minimum absolute atomic E-state index is 0.000880. The lowest BCUT2D eigenvalue weighted by molar-refractivity contribution is -0.139. The zero-order valence-electron chi connectivity index (χ0n) is 10.9. The summed E-state index contributed by atoms with van der Waals surface area (Å²) in [5.41, 5.74) is -0.507. The molecule has 5 heteroatoms. The van der Waals surface area contributed by atoms with E-state index in [0.717, 1.165) is 6.42 Å². The van der Waals surface area contributed by atoms with Crippen LogP contribution in [-0.2, 0) is 9.53 Å². The third kappa shape index (κ3) is 3.91. The highest BCUT2D eigenvalue weighted by Gasteiger charge is 2.38. The van der Waals surface area contributed by atoms with Gasteiger partial charge in [-0.2, -0.15) is 0 Å². The maximum Gasteiger partial charge on any atom is 0.410 e. The summed E-state index contributed by atoms with van der Waals surface area (Å²) < 4.78 is 5.27. The molecule has 0 radical (unpaired) electrons. The molecule has 1 saturated heterocycles. The first kappa shape index (κ1) is 13.8. The Bertz CT molecular complexity index is 308. The summed E-state index contributed by atoms with van der Waals surface area (Å²) in [5.74, 6) is -0.859. The Balaban J connectivity index is 2.51. The fourth-order valence-electron chi connectivity index (χ4n) is 1.96. The zero-order chi connectivity index (χ0) is 13.2. The monoisotopic (exact) mass is 243 g/mol. The summed E-state index contributed by atoms with van der Waals surface area (Å²) in [6.07, 6.45) is 0.600. The van der Waals surface area contributed by atoms with Gasteiger partial charge < -0.3 is 14.7 Å². The molecule has 98 valence electrons. The van der Waals surface area contributed by atoms with Crippen molar-refractivity contribution in [3.05, 3.63) is 0 Å². The molecule has 1 heterocycles. The molecule has 1 amide bonds. The van der Waals surface area contributed by atoms with Crippen molar-refractivity contribution >= 4 is 12.1 Å². The summed E-state index contributed by atoms with van der Waals surface area (Å²) >= 11 is 0. The predicted octanol–water partition coefficient (Wildman–Crippen LogP) is 2.11. The maximum atomic E-state index is 11.8. The molecule has 1 aliphatic rings. The number of likely N-dealkylation sites (tertiary alicyclic amines) is 1. The number of nitrogens with zero attached hydrogens (tertiary/aromatic N) is 1. The van der Waals surface area contributed by atoms with Gasteiger partial charge in [0.15, 0.2) is 0 Å². The number of carbonyl (C=O) groups excluding carboxylic acids is 1. The van der Waals surface area contributed by atoms with Crippen molar-refractivity contribution in [2.45, 2.75) is 52.2 Å². The summed E-state index contributed by atoms with van der Waals surface area (Å²) in [7, 11) is 0. The number of ether oxygens (including phenoxy) is 1. The predicted molar refractivity (Wildman–Crippen MR) is 62.8 cm³/mol. The summed E-state index contributed by atoms with van der Waals surface area (Å²) in [6, 6.07) is 0.000880. The van der Waals surface area contributed by atoms with Crippen LogP contribution in [0.15, 0.2) is 0 Å². The van der Waals surface area contributed by atoms with E-state index in [4.69, 9.17) is 9.84 Å². The fraction of sp³-hybridized carbons (Fsp3) is 0.833. The molecule has 0 aliphatic carbocycles. The van der Waals surface area contributed by atoms with Crippen molar-refractivity contribution in [2.24, 2.45) is 5.92 Å². The largest absolute Gasteiger partial charge is 0.481 e. The highest BCUT2D eigenvalue weighted by atomic mass is 16.6. The van der Waals surface area contributed by atoms with Gasteiger partial charge in [0.25, 0.3) is 0 Å². The summed E-state index contributed by atoms with van der Waals surface area (Å²) in [5, 5.41) is 8.73. The Kier molecular flexibility index (Phi) is 4.01. The Labute approximate surface area is 102 Å². The molecular formula is C12H21NO4. The van der Waals surface area contributed by atoms with Crippen molar-refractivity contribution in [3.63, 3.8) is 0 Å². The van der Waals surface area contributed by atoms with E-state index in [0.29, 0.717) is 6.54 Å².